The quantitative estimate of drug-likeness (QED) is 0.737. The minimum atomic E-state index is 0.0984. The molecule has 0 aliphatic carbocycles. The third-order valence-corrected chi connectivity index (χ3v) is 2.75. The Morgan fingerprint density at radius 1 is 1.47 bits per heavy atom. The molecule has 0 bridgehead atoms. The summed E-state index contributed by atoms with van der Waals surface area (Å²) in [6.45, 7) is 4.45. The lowest BCUT2D eigenvalue weighted by molar-refractivity contribution is -0.134. The number of likely N-dealkylation sites (tertiary alicyclic amines) is 1. The monoisotopic (exact) mass is 215 g/mol. The van der Waals surface area contributed by atoms with Crippen LogP contribution in [0.5, 0.6) is 0 Å². The van der Waals surface area contributed by atoms with E-state index in [1.54, 1.807) is 0 Å². The molecule has 0 aromatic heterocycles. The van der Waals surface area contributed by atoms with Crippen molar-refractivity contribution in [2.75, 3.05) is 26.3 Å². The molecule has 1 N–H and O–H groups in total. The number of hydrogen-bond donors (Lipinski definition) is 1. The first-order valence-corrected chi connectivity index (χ1v) is 5.78. The summed E-state index contributed by atoms with van der Waals surface area (Å²) >= 11 is 0. The van der Waals surface area contributed by atoms with Gasteiger partial charge in [-0.25, -0.2) is 0 Å². The molecule has 1 fully saturated rings. The molecule has 0 aromatic carbocycles. The van der Waals surface area contributed by atoms with Crippen LogP contribution in [0.1, 0.15) is 32.6 Å². The van der Waals surface area contributed by atoms with Crippen LogP contribution < -0.4 is 0 Å². The fourth-order valence-corrected chi connectivity index (χ4v) is 1.90. The molecule has 1 heterocycles. The summed E-state index contributed by atoms with van der Waals surface area (Å²) in [5.41, 5.74) is 0. The average molecular weight is 215 g/mol. The predicted molar refractivity (Wildman–Crippen MR) is 57.5 cm³/mol. The van der Waals surface area contributed by atoms with E-state index in [0.29, 0.717) is 18.9 Å². The number of piperidine rings is 1. The summed E-state index contributed by atoms with van der Waals surface area (Å²) in [4.78, 5) is 13.5. The highest BCUT2D eigenvalue weighted by Gasteiger charge is 2.22. The first kappa shape index (κ1) is 12.5. The van der Waals surface area contributed by atoms with E-state index in [9.17, 15) is 4.79 Å². The van der Waals surface area contributed by atoms with Crippen LogP contribution in [0.25, 0.3) is 0 Å². The van der Waals surface area contributed by atoms with E-state index in [-0.39, 0.29) is 12.5 Å². The van der Waals surface area contributed by atoms with E-state index in [1.165, 1.54) is 0 Å². The number of rotatable bonds is 5. The Morgan fingerprint density at radius 2 is 2.13 bits per heavy atom. The van der Waals surface area contributed by atoms with Gasteiger partial charge in [0, 0.05) is 32.7 Å². The van der Waals surface area contributed by atoms with E-state index in [2.05, 4.69) is 0 Å². The molecule has 1 rings (SSSR count). The van der Waals surface area contributed by atoms with Crippen LogP contribution in [0.2, 0.25) is 0 Å². The van der Waals surface area contributed by atoms with Gasteiger partial charge in [-0.2, -0.15) is 0 Å². The summed E-state index contributed by atoms with van der Waals surface area (Å²) in [5.74, 6) is 0.166. The minimum absolute atomic E-state index is 0.0984. The van der Waals surface area contributed by atoms with Gasteiger partial charge in [0.1, 0.15) is 0 Å². The van der Waals surface area contributed by atoms with Gasteiger partial charge >= 0.3 is 0 Å². The smallest absolute Gasteiger partial charge is 0.222 e. The summed E-state index contributed by atoms with van der Waals surface area (Å²) < 4.78 is 5.51. The maximum absolute atomic E-state index is 11.6. The molecule has 88 valence electrons. The average Bonchev–Trinajstić information content (AvgIpc) is 2.27. The normalized spacial score (nSPS) is 18.1. The lowest BCUT2D eigenvalue weighted by Crippen LogP contribution is -2.40. The fraction of sp³-hybridized carbons (Fsp3) is 0.909. The van der Waals surface area contributed by atoms with Crippen LogP contribution in [0.3, 0.4) is 0 Å². The third-order valence-electron chi connectivity index (χ3n) is 2.75. The van der Waals surface area contributed by atoms with Crippen LogP contribution in [0.15, 0.2) is 0 Å². The molecule has 1 saturated heterocycles. The highest BCUT2D eigenvalue weighted by Crippen LogP contribution is 2.14. The Bertz CT molecular complexity index is 188. The number of nitrogens with zero attached hydrogens (tertiary/aromatic N) is 1. The van der Waals surface area contributed by atoms with E-state index < -0.39 is 0 Å². The van der Waals surface area contributed by atoms with Gasteiger partial charge in [0.2, 0.25) is 5.91 Å². The highest BCUT2D eigenvalue weighted by atomic mass is 16.5. The van der Waals surface area contributed by atoms with Crippen LogP contribution in [0, 0.1) is 0 Å². The van der Waals surface area contributed by atoms with E-state index in [0.717, 1.165) is 32.5 Å². The molecule has 0 aromatic rings. The maximum Gasteiger partial charge on any atom is 0.222 e. The third kappa shape index (κ3) is 4.18. The predicted octanol–water partition coefficient (Wildman–Crippen LogP) is 0.786. The summed E-state index contributed by atoms with van der Waals surface area (Å²) in [6, 6.07) is 0. The SMILES string of the molecule is CCOC1CCN(C(=O)CCCO)CC1. The highest BCUT2D eigenvalue weighted by molar-refractivity contribution is 5.76. The van der Waals surface area contributed by atoms with Gasteiger partial charge in [0.15, 0.2) is 0 Å². The molecule has 4 nitrogen and oxygen atoms in total. The van der Waals surface area contributed by atoms with Crippen LogP contribution >= 0.6 is 0 Å². The van der Waals surface area contributed by atoms with E-state index >= 15 is 0 Å². The molecule has 4 heteroatoms. The second-order valence-corrected chi connectivity index (χ2v) is 3.86. The Morgan fingerprint density at radius 3 is 2.67 bits per heavy atom. The first-order valence-electron chi connectivity index (χ1n) is 5.78. The van der Waals surface area contributed by atoms with Gasteiger partial charge in [-0.1, -0.05) is 0 Å². The topological polar surface area (TPSA) is 49.8 Å². The fourth-order valence-electron chi connectivity index (χ4n) is 1.90. The molecule has 0 unspecified atom stereocenters. The Kier molecular flexibility index (Phi) is 5.65. The van der Waals surface area contributed by atoms with Gasteiger partial charge in [-0.15, -0.1) is 0 Å². The van der Waals surface area contributed by atoms with Crippen molar-refractivity contribution in [1.29, 1.82) is 0 Å². The van der Waals surface area contributed by atoms with Gasteiger partial charge < -0.3 is 14.7 Å². The van der Waals surface area contributed by atoms with Gasteiger partial charge in [0.05, 0.1) is 6.10 Å². The molecule has 0 spiro atoms. The number of aliphatic hydroxyl groups is 1. The minimum Gasteiger partial charge on any atom is -0.396 e. The van der Waals surface area contributed by atoms with Gasteiger partial charge in [-0.3, -0.25) is 4.79 Å². The van der Waals surface area contributed by atoms with E-state index in [1.807, 2.05) is 11.8 Å². The van der Waals surface area contributed by atoms with Crippen molar-refractivity contribution >= 4 is 5.91 Å². The van der Waals surface area contributed by atoms with Gasteiger partial charge in [0.25, 0.3) is 0 Å². The van der Waals surface area contributed by atoms with Gasteiger partial charge in [-0.05, 0) is 26.2 Å². The Hall–Kier alpha value is -0.610. The largest absolute Gasteiger partial charge is 0.396 e. The second-order valence-electron chi connectivity index (χ2n) is 3.86. The number of amides is 1. The number of hydrogen-bond acceptors (Lipinski definition) is 3. The maximum atomic E-state index is 11.6. The molecule has 1 aliphatic rings. The molecule has 15 heavy (non-hydrogen) atoms. The lowest BCUT2D eigenvalue weighted by Gasteiger charge is -2.31. The van der Waals surface area contributed by atoms with Crippen LogP contribution in [-0.4, -0.2) is 48.3 Å². The van der Waals surface area contributed by atoms with Crippen molar-refractivity contribution in [2.24, 2.45) is 0 Å². The zero-order valence-corrected chi connectivity index (χ0v) is 9.45. The van der Waals surface area contributed by atoms with E-state index in [4.69, 9.17) is 9.84 Å². The number of ether oxygens (including phenoxy) is 1. The first-order chi connectivity index (χ1) is 7.27. The van der Waals surface area contributed by atoms with Crippen molar-refractivity contribution in [3.63, 3.8) is 0 Å². The standard InChI is InChI=1S/C11H21NO3/c1-2-15-10-5-7-12(8-6-10)11(14)4-3-9-13/h10,13H,2-9H2,1H3. The molecule has 1 aliphatic heterocycles. The van der Waals surface area contributed by atoms with Crippen molar-refractivity contribution in [2.45, 2.75) is 38.7 Å². The molecule has 0 atom stereocenters. The van der Waals surface area contributed by atoms with Crippen LogP contribution in [0.4, 0.5) is 0 Å². The lowest BCUT2D eigenvalue weighted by atomic mass is 10.1. The summed E-state index contributed by atoms with van der Waals surface area (Å²) in [6.07, 6.45) is 3.26. The molecular formula is C11H21NO3. The Balaban J connectivity index is 2.21. The van der Waals surface area contributed by atoms with Crippen molar-refractivity contribution in [1.82, 2.24) is 4.90 Å². The molecule has 0 saturated carbocycles. The zero-order chi connectivity index (χ0) is 11.1. The van der Waals surface area contributed by atoms with Crippen molar-refractivity contribution in [3.8, 4) is 0 Å². The summed E-state index contributed by atoms with van der Waals surface area (Å²) in [5, 5.41) is 8.63. The number of carbonyl (C=O) groups excluding carboxylic acids is 1. The van der Waals surface area contributed by atoms with Crippen LogP contribution in [-0.2, 0) is 9.53 Å². The van der Waals surface area contributed by atoms with Crippen molar-refractivity contribution in [3.05, 3.63) is 0 Å². The number of carbonyl (C=O) groups is 1. The zero-order valence-electron chi connectivity index (χ0n) is 9.45. The second kappa shape index (κ2) is 6.80. The Labute approximate surface area is 91.2 Å². The number of aliphatic hydroxyl groups excluding tert-OH is 1. The van der Waals surface area contributed by atoms with Crippen molar-refractivity contribution < 1.29 is 14.6 Å². The summed E-state index contributed by atoms with van der Waals surface area (Å²) in [7, 11) is 0. The molecule has 0 radical (unpaired) electrons. The molecule has 1 amide bonds. The molecular weight excluding hydrogens is 194 g/mol.